The number of hydrogen-bond acceptors (Lipinski definition) is 5. The molecule has 0 amide bonds. The maximum Gasteiger partial charge on any atom is 0.165 e. The van der Waals surface area contributed by atoms with Crippen molar-refractivity contribution in [1.29, 1.82) is 0 Å². The van der Waals surface area contributed by atoms with Crippen molar-refractivity contribution in [2.75, 3.05) is 5.73 Å². The average Bonchev–Trinajstić information content (AvgIpc) is 3.08. The highest BCUT2D eigenvalue weighted by Crippen LogP contribution is 2.21. The Bertz CT molecular complexity index is 1210. The third-order valence-corrected chi connectivity index (χ3v) is 4.91. The van der Waals surface area contributed by atoms with Gasteiger partial charge >= 0.3 is 0 Å². The Morgan fingerprint density at radius 3 is 2.45 bits per heavy atom. The second kappa shape index (κ2) is 7.67. The van der Waals surface area contributed by atoms with Crippen molar-refractivity contribution in [2.45, 2.75) is 19.8 Å². The summed E-state index contributed by atoms with van der Waals surface area (Å²) in [6.07, 6.45) is 3.74. The van der Waals surface area contributed by atoms with Crippen LogP contribution in [0.25, 0.3) is 16.7 Å². The highest BCUT2D eigenvalue weighted by molar-refractivity contribution is 6.04. The lowest BCUT2D eigenvalue weighted by molar-refractivity contribution is 0.0918. The van der Waals surface area contributed by atoms with Crippen LogP contribution in [0, 0.1) is 6.92 Å². The number of carbonyl (C=O) groups excluding carboxylic acids is 2. The zero-order chi connectivity index (χ0) is 20.4. The van der Waals surface area contributed by atoms with Crippen LogP contribution in [0.3, 0.4) is 0 Å². The van der Waals surface area contributed by atoms with E-state index in [1.54, 1.807) is 48.8 Å². The molecule has 29 heavy (non-hydrogen) atoms. The monoisotopic (exact) mass is 384 g/mol. The largest absolute Gasteiger partial charge is 0.398 e. The lowest BCUT2D eigenvalue weighted by atomic mass is 10.0. The number of anilines is 1. The number of pyridine rings is 1. The smallest absolute Gasteiger partial charge is 0.165 e. The van der Waals surface area contributed by atoms with Gasteiger partial charge in [0.05, 0.1) is 11.7 Å². The lowest BCUT2D eigenvalue weighted by Gasteiger charge is -2.08. The number of nitrogens with zero attached hydrogens (tertiary/aromatic N) is 3. The van der Waals surface area contributed by atoms with Gasteiger partial charge in [0.1, 0.15) is 11.3 Å². The lowest BCUT2D eigenvalue weighted by Crippen LogP contribution is -2.07. The van der Waals surface area contributed by atoms with Gasteiger partial charge in [-0.3, -0.25) is 19.1 Å². The first-order chi connectivity index (χ1) is 14.0. The summed E-state index contributed by atoms with van der Waals surface area (Å²) < 4.78 is 2.02. The summed E-state index contributed by atoms with van der Waals surface area (Å²) in [7, 11) is 0. The Labute approximate surface area is 168 Å². The molecule has 6 nitrogen and oxygen atoms in total. The minimum atomic E-state index is -0.123. The predicted octanol–water partition coefficient (Wildman–Crippen LogP) is 4.16. The van der Waals surface area contributed by atoms with Crippen molar-refractivity contribution in [1.82, 2.24) is 14.5 Å². The maximum atomic E-state index is 12.5. The molecule has 0 saturated heterocycles. The van der Waals surface area contributed by atoms with Crippen LogP contribution < -0.4 is 5.73 Å². The van der Waals surface area contributed by atoms with Crippen LogP contribution in [0.5, 0.6) is 0 Å². The van der Waals surface area contributed by atoms with Crippen molar-refractivity contribution in [2.24, 2.45) is 0 Å². The fourth-order valence-electron chi connectivity index (χ4n) is 3.43. The minimum absolute atomic E-state index is 0.0733. The topological polar surface area (TPSA) is 90.9 Å². The van der Waals surface area contributed by atoms with E-state index in [2.05, 4.69) is 9.97 Å². The van der Waals surface area contributed by atoms with Crippen LogP contribution in [-0.2, 0) is 0 Å². The molecule has 2 heterocycles. The molecule has 144 valence electrons. The van der Waals surface area contributed by atoms with E-state index in [0.717, 1.165) is 22.5 Å². The first-order valence-corrected chi connectivity index (χ1v) is 9.35. The van der Waals surface area contributed by atoms with Gasteiger partial charge in [-0.25, -0.2) is 4.98 Å². The Balaban J connectivity index is 1.49. The zero-order valence-electron chi connectivity index (χ0n) is 16.0. The van der Waals surface area contributed by atoms with E-state index in [1.807, 2.05) is 29.7 Å². The van der Waals surface area contributed by atoms with Gasteiger partial charge in [-0.1, -0.05) is 12.1 Å². The van der Waals surface area contributed by atoms with Gasteiger partial charge in [0.25, 0.3) is 0 Å². The SMILES string of the molecule is Cc1nc2cnccc2n1-c1ccc(C(=O)CCC(=O)c2ccccc2N)cc1. The van der Waals surface area contributed by atoms with Gasteiger partial charge in [0.15, 0.2) is 11.6 Å². The second-order valence-electron chi connectivity index (χ2n) is 6.84. The molecule has 2 N–H and O–H groups in total. The van der Waals surface area contributed by atoms with Crippen molar-refractivity contribution >= 4 is 28.3 Å². The van der Waals surface area contributed by atoms with Crippen LogP contribution in [0.2, 0.25) is 0 Å². The first kappa shape index (κ1) is 18.6. The molecule has 0 spiro atoms. The van der Waals surface area contributed by atoms with Gasteiger partial charge in [-0.2, -0.15) is 0 Å². The van der Waals surface area contributed by atoms with Crippen molar-refractivity contribution in [3.63, 3.8) is 0 Å². The molecule has 0 fully saturated rings. The van der Waals surface area contributed by atoms with Crippen LogP contribution in [0.1, 0.15) is 39.4 Å². The van der Waals surface area contributed by atoms with Crippen molar-refractivity contribution in [3.8, 4) is 5.69 Å². The summed E-state index contributed by atoms with van der Waals surface area (Å²) >= 11 is 0. The van der Waals surface area contributed by atoms with E-state index in [-0.39, 0.29) is 24.4 Å². The number of fused-ring (bicyclic) bond motifs is 1. The number of nitrogen functional groups attached to an aromatic ring is 1. The standard InChI is InChI=1S/C23H20N4O2/c1-15-26-20-14-25-13-12-21(20)27(15)17-8-6-16(7-9-17)22(28)10-11-23(29)18-4-2-3-5-19(18)24/h2-9,12-14H,10-11,24H2,1H3. The summed E-state index contributed by atoms with van der Waals surface area (Å²) in [4.78, 5) is 33.5. The maximum absolute atomic E-state index is 12.5. The summed E-state index contributed by atoms with van der Waals surface area (Å²) in [5, 5.41) is 0. The Morgan fingerprint density at radius 1 is 0.966 bits per heavy atom. The number of aryl methyl sites for hydroxylation is 1. The number of para-hydroxylation sites is 1. The number of aromatic nitrogens is 3. The molecule has 0 aliphatic heterocycles. The highest BCUT2D eigenvalue weighted by atomic mass is 16.1. The Morgan fingerprint density at radius 2 is 1.69 bits per heavy atom. The molecule has 0 atom stereocenters. The molecule has 4 rings (SSSR count). The Hall–Kier alpha value is -3.80. The van der Waals surface area contributed by atoms with Crippen LogP contribution in [-0.4, -0.2) is 26.1 Å². The molecule has 0 saturated carbocycles. The minimum Gasteiger partial charge on any atom is -0.398 e. The van der Waals surface area contributed by atoms with E-state index in [1.165, 1.54) is 0 Å². The highest BCUT2D eigenvalue weighted by Gasteiger charge is 2.14. The second-order valence-corrected chi connectivity index (χ2v) is 6.84. The normalized spacial score (nSPS) is 10.9. The van der Waals surface area contributed by atoms with Crippen molar-refractivity contribution < 1.29 is 9.59 Å². The third-order valence-electron chi connectivity index (χ3n) is 4.91. The van der Waals surface area contributed by atoms with Gasteiger partial charge in [0, 0.05) is 41.5 Å². The summed E-state index contributed by atoms with van der Waals surface area (Å²) in [6, 6.07) is 16.2. The molecule has 0 bridgehead atoms. The van der Waals surface area contributed by atoms with E-state index in [0.29, 0.717) is 16.8 Å². The average molecular weight is 384 g/mol. The number of hydrogen-bond donors (Lipinski definition) is 1. The number of imidazole rings is 1. The molecule has 0 aliphatic rings. The molecular formula is C23H20N4O2. The number of Topliss-reactive ketones (excluding diaryl/α,β-unsaturated/α-hetero) is 2. The summed E-state index contributed by atoms with van der Waals surface area (Å²) in [6.45, 7) is 1.93. The number of benzene rings is 2. The fourth-order valence-corrected chi connectivity index (χ4v) is 3.43. The molecule has 2 aromatic carbocycles. The number of carbonyl (C=O) groups is 2. The van der Waals surface area contributed by atoms with Crippen LogP contribution in [0.15, 0.2) is 67.0 Å². The van der Waals surface area contributed by atoms with Gasteiger partial charge in [-0.05, 0) is 49.4 Å². The Kier molecular flexibility index (Phi) is 4.91. The quantitative estimate of drug-likeness (QED) is 0.398. The first-order valence-electron chi connectivity index (χ1n) is 9.35. The predicted molar refractivity (Wildman–Crippen MR) is 112 cm³/mol. The number of ketones is 2. The number of nitrogens with two attached hydrogens (primary N) is 1. The molecule has 2 aromatic heterocycles. The fraction of sp³-hybridized carbons (Fsp3) is 0.130. The van der Waals surface area contributed by atoms with Crippen molar-refractivity contribution in [3.05, 3.63) is 83.9 Å². The van der Waals surface area contributed by atoms with Crippen LogP contribution in [0.4, 0.5) is 5.69 Å². The van der Waals surface area contributed by atoms with E-state index >= 15 is 0 Å². The molecule has 0 radical (unpaired) electrons. The van der Waals surface area contributed by atoms with Gasteiger partial charge < -0.3 is 5.73 Å². The zero-order valence-corrected chi connectivity index (χ0v) is 16.0. The van der Waals surface area contributed by atoms with Crippen LogP contribution >= 0.6 is 0 Å². The number of rotatable bonds is 6. The summed E-state index contributed by atoms with van der Waals surface area (Å²) in [5.74, 6) is 0.649. The molecular weight excluding hydrogens is 364 g/mol. The summed E-state index contributed by atoms with van der Waals surface area (Å²) in [5.41, 5.74) is 10.0. The van der Waals surface area contributed by atoms with E-state index in [9.17, 15) is 9.59 Å². The third kappa shape index (κ3) is 3.65. The molecule has 6 heteroatoms. The van der Waals surface area contributed by atoms with Gasteiger partial charge in [-0.15, -0.1) is 0 Å². The van der Waals surface area contributed by atoms with Gasteiger partial charge in [0.2, 0.25) is 0 Å². The molecule has 0 aliphatic carbocycles. The molecule has 4 aromatic rings. The molecule has 0 unspecified atom stereocenters. The van der Waals surface area contributed by atoms with E-state index in [4.69, 9.17) is 5.73 Å². The van der Waals surface area contributed by atoms with E-state index < -0.39 is 0 Å².